The molecular weight excluding hydrogens is 373 g/mol. The molecule has 4 aromatic rings. The van der Waals surface area contributed by atoms with E-state index in [1.165, 1.54) is 0 Å². The number of hydrogen-bond acceptors (Lipinski definition) is 7. The Labute approximate surface area is 166 Å². The lowest BCUT2D eigenvalue weighted by molar-refractivity contribution is 0.149. The van der Waals surface area contributed by atoms with E-state index in [0.717, 1.165) is 29.0 Å². The van der Waals surface area contributed by atoms with Gasteiger partial charge in [-0.2, -0.15) is 10.1 Å². The summed E-state index contributed by atoms with van der Waals surface area (Å²) in [4.78, 5) is 10.8. The maximum atomic E-state index is 14.4. The predicted octanol–water partition coefficient (Wildman–Crippen LogP) is 1.93. The van der Waals surface area contributed by atoms with Crippen LogP contribution in [0.25, 0.3) is 22.4 Å². The van der Waals surface area contributed by atoms with Gasteiger partial charge in [-0.15, -0.1) is 5.10 Å². The Kier molecular flexibility index (Phi) is 4.27. The summed E-state index contributed by atoms with van der Waals surface area (Å²) in [7, 11) is 3.74. The van der Waals surface area contributed by atoms with Crippen molar-refractivity contribution in [3.63, 3.8) is 0 Å². The lowest BCUT2D eigenvalue weighted by Crippen LogP contribution is -2.46. The Morgan fingerprint density at radius 2 is 2.03 bits per heavy atom. The Morgan fingerprint density at radius 1 is 1.14 bits per heavy atom. The summed E-state index contributed by atoms with van der Waals surface area (Å²) in [6.45, 7) is 1.25. The third-order valence-corrected chi connectivity index (χ3v) is 5.34. The van der Waals surface area contributed by atoms with E-state index in [1.807, 2.05) is 49.6 Å². The molecular formula is C19H22FN9. The summed E-state index contributed by atoms with van der Waals surface area (Å²) in [5.41, 5.74) is 3.29. The van der Waals surface area contributed by atoms with E-state index in [1.54, 1.807) is 15.2 Å². The van der Waals surface area contributed by atoms with E-state index >= 15 is 0 Å². The van der Waals surface area contributed by atoms with Crippen LogP contribution in [0.1, 0.15) is 6.42 Å². The SMILES string of the molecule is CNc1nc(NC2CCN(C)CC2F)nn2ccc(-c3ccc4nccn4n3)c12. The Bertz CT molecular complexity index is 1170. The highest BCUT2D eigenvalue weighted by Crippen LogP contribution is 2.29. The third-order valence-electron chi connectivity index (χ3n) is 5.34. The number of likely N-dealkylation sites (tertiary alicyclic amines) is 1. The lowest BCUT2D eigenvalue weighted by Gasteiger charge is -2.32. The molecule has 2 N–H and O–H groups in total. The number of rotatable bonds is 4. The summed E-state index contributed by atoms with van der Waals surface area (Å²) in [6.07, 6.45) is 5.13. The van der Waals surface area contributed by atoms with Gasteiger partial charge in [0, 0.05) is 44.3 Å². The molecule has 150 valence electrons. The highest BCUT2D eigenvalue weighted by atomic mass is 19.1. The number of halogens is 1. The molecule has 0 aliphatic carbocycles. The first-order valence-corrected chi connectivity index (χ1v) is 9.59. The van der Waals surface area contributed by atoms with Crippen molar-refractivity contribution in [2.24, 2.45) is 0 Å². The average Bonchev–Trinajstić information content (AvgIpc) is 3.35. The quantitative estimate of drug-likeness (QED) is 0.546. The molecule has 4 aromatic heterocycles. The molecule has 1 saturated heterocycles. The summed E-state index contributed by atoms with van der Waals surface area (Å²) in [6, 6.07) is 5.50. The largest absolute Gasteiger partial charge is 0.371 e. The molecule has 29 heavy (non-hydrogen) atoms. The number of anilines is 2. The van der Waals surface area contributed by atoms with E-state index < -0.39 is 6.17 Å². The van der Waals surface area contributed by atoms with Gasteiger partial charge in [-0.3, -0.25) is 0 Å². The standard InChI is InChI=1S/C19H22FN9/c1-21-18-17-12(14-3-4-16-22-7-10-28(16)25-14)5-9-29(17)26-19(24-18)23-15-6-8-27(2)11-13(15)20/h3-5,7,9-10,13,15H,6,8,11H2,1-2H3,(H2,21,23,24,26). The fourth-order valence-corrected chi connectivity index (χ4v) is 3.81. The number of nitrogens with one attached hydrogen (secondary N) is 2. The molecule has 0 saturated carbocycles. The molecule has 5 heterocycles. The summed E-state index contributed by atoms with van der Waals surface area (Å²) in [5, 5.41) is 15.5. The van der Waals surface area contributed by atoms with Crippen LogP contribution >= 0.6 is 0 Å². The normalized spacial score (nSPS) is 20.4. The molecule has 1 fully saturated rings. The summed E-state index contributed by atoms with van der Waals surface area (Å²) < 4.78 is 17.9. The van der Waals surface area contributed by atoms with E-state index in [9.17, 15) is 4.39 Å². The van der Waals surface area contributed by atoms with E-state index in [2.05, 4.69) is 30.8 Å². The Hall–Kier alpha value is -3.27. The molecule has 2 atom stereocenters. The lowest BCUT2D eigenvalue weighted by atomic mass is 10.0. The Morgan fingerprint density at radius 3 is 2.86 bits per heavy atom. The number of imidazole rings is 1. The van der Waals surface area contributed by atoms with Gasteiger partial charge in [0.1, 0.15) is 11.7 Å². The zero-order chi connectivity index (χ0) is 20.0. The van der Waals surface area contributed by atoms with Crippen LogP contribution in [-0.4, -0.2) is 73.5 Å². The van der Waals surface area contributed by atoms with Crippen LogP contribution in [0.15, 0.2) is 36.8 Å². The monoisotopic (exact) mass is 395 g/mol. The molecule has 9 nitrogen and oxygen atoms in total. The van der Waals surface area contributed by atoms with Crippen molar-refractivity contribution in [1.82, 2.24) is 34.1 Å². The molecule has 10 heteroatoms. The fourth-order valence-electron chi connectivity index (χ4n) is 3.81. The van der Waals surface area contributed by atoms with Gasteiger partial charge in [0.2, 0.25) is 5.95 Å². The van der Waals surface area contributed by atoms with Gasteiger partial charge in [0.15, 0.2) is 11.5 Å². The number of nitrogens with zero attached hydrogens (tertiary/aromatic N) is 7. The van der Waals surface area contributed by atoms with Crippen molar-refractivity contribution in [2.45, 2.75) is 18.6 Å². The van der Waals surface area contributed by atoms with E-state index in [0.29, 0.717) is 24.7 Å². The molecule has 2 unspecified atom stereocenters. The first-order chi connectivity index (χ1) is 14.1. The summed E-state index contributed by atoms with van der Waals surface area (Å²) >= 11 is 0. The zero-order valence-corrected chi connectivity index (χ0v) is 16.2. The van der Waals surface area contributed by atoms with Crippen LogP contribution in [0.2, 0.25) is 0 Å². The predicted molar refractivity (Wildman–Crippen MR) is 109 cm³/mol. The molecule has 1 aliphatic rings. The minimum Gasteiger partial charge on any atom is -0.371 e. The van der Waals surface area contributed by atoms with Crippen LogP contribution in [0.4, 0.5) is 16.2 Å². The minimum absolute atomic E-state index is 0.297. The van der Waals surface area contributed by atoms with Crippen molar-refractivity contribution >= 4 is 22.9 Å². The molecule has 0 amide bonds. The van der Waals surface area contributed by atoms with Gasteiger partial charge in [0.25, 0.3) is 0 Å². The molecule has 0 bridgehead atoms. The molecule has 5 rings (SSSR count). The highest BCUT2D eigenvalue weighted by molar-refractivity contribution is 5.87. The number of aromatic nitrogens is 6. The molecule has 0 spiro atoms. The van der Waals surface area contributed by atoms with Crippen LogP contribution in [0.5, 0.6) is 0 Å². The number of alkyl halides is 1. The van der Waals surface area contributed by atoms with Gasteiger partial charge in [0.05, 0.1) is 11.7 Å². The summed E-state index contributed by atoms with van der Waals surface area (Å²) in [5.74, 6) is 1.05. The molecule has 1 aliphatic heterocycles. The average molecular weight is 395 g/mol. The van der Waals surface area contributed by atoms with Crippen LogP contribution in [-0.2, 0) is 0 Å². The van der Waals surface area contributed by atoms with Gasteiger partial charge in [-0.25, -0.2) is 18.4 Å². The topological polar surface area (TPSA) is 87.7 Å². The van der Waals surface area contributed by atoms with Gasteiger partial charge >= 0.3 is 0 Å². The maximum Gasteiger partial charge on any atom is 0.243 e. The zero-order valence-electron chi connectivity index (χ0n) is 16.2. The maximum absolute atomic E-state index is 14.4. The van der Waals surface area contributed by atoms with E-state index in [-0.39, 0.29) is 6.04 Å². The van der Waals surface area contributed by atoms with Gasteiger partial charge < -0.3 is 15.5 Å². The number of hydrogen-bond donors (Lipinski definition) is 2. The first-order valence-electron chi connectivity index (χ1n) is 9.59. The van der Waals surface area contributed by atoms with Crippen molar-refractivity contribution < 1.29 is 4.39 Å². The Balaban J connectivity index is 1.52. The van der Waals surface area contributed by atoms with E-state index in [4.69, 9.17) is 0 Å². The van der Waals surface area contributed by atoms with Gasteiger partial charge in [-0.1, -0.05) is 0 Å². The van der Waals surface area contributed by atoms with Crippen LogP contribution in [0, 0.1) is 0 Å². The minimum atomic E-state index is -0.961. The van der Waals surface area contributed by atoms with Crippen molar-refractivity contribution in [3.05, 3.63) is 36.8 Å². The van der Waals surface area contributed by atoms with Gasteiger partial charge in [-0.05, 0) is 31.7 Å². The van der Waals surface area contributed by atoms with Crippen molar-refractivity contribution in [3.8, 4) is 11.3 Å². The number of fused-ring (bicyclic) bond motifs is 2. The highest BCUT2D eigenvalue weighted by Gasteiger charge is 2.28. The van der Waals surface area contributed by atoms with Crippen LogP contribution < -0.4 is 10.6 Å². The second-order valence-corrected chi connectivity index (χ2v) is 7.32. The number of piperidine rings is 1. The first kappa shape index (κ1) is 17.8. The smallest absolute Gasteiger partial charge is 0.243 e. The third kappa shape index (κ3) is 3.15. The van der Waals surface area contributed by atoms with Crippen molar-refractivity contribution in [1.29, 1.82) is 0 Å². The molecule has 0 radical (unpaired) electrons. The fraction of sp³-hybridized carbons (Fsp3) is 0.368. The van der Waals surface area contributed by atoms with Crippen LogP contribution in [0.3, 0.4) is 0 Å². The molecule has 0 aromatic carbocycles. The van der Waals surface area contributed by atoms with Crippen molar-refractivity contribution in [2.75, 3.05) is 37.8 Å². The second kappa shape index (κ2) is 6.96. The second-order valence-electron chi connectivity index (χ2n) is 7.32.